The quantitative estimate of drug-likeness (QED) is 0.675. The monoisotopic (exact) mass is 167 g/mol. The van der Waals surface area contributed by atoms with Crippen molar-refractivity contribution in [2.75, 3.05) is 0 Å². The van der Waals surface area contributed by atoms with Gasteiger partial charge in [-0.05, 0) is 12.5 Å². The lowest BCUT2D eigenvalue weighted by Gasteiger charge is -1.94. The molecule has 0 saturated carbocycles. The molecule has 0 atom stereocenters. The fourth-order valence-corrected chi connectivity index (χ4v) is 0.650. The Morgan fingerprint density at radius 2 is 1.83 bits per heavy atom. The second-order valence-corrected chi connectivity index (χ2v) is 2.09. The largest absolute Gasteiger partial charge is 0.373 e. The highest BCUT2D eigenvalue weighted by Gasteiger charge is 1.84. The van der Waals surface area contributed by atoms with Gasteiger partial charge < -0.3 is 5.73 Å². The number of hydrogen-bond donors (Lipinski definition) is 1. The molecule has 3 nitrogen and oxygen atoms in total. The molecule has 1 aromatic carbocycles. The minimum atomic E-state index is -1.71. The van der Waals surface area contributed by atoms with Crippen molar-refractivity contribution in [2.24, 2.45) is 5.73 Å². The van der Waals surface area contributed by atoms with Crippen molar-refractivity contribution < 1.29 is 12.3 Å². The fourth-order valence-electron chi connectivity index (χ4n) is 0.650. The number of benzene rings is 1. The van der Waals surface area contributed by atoms with E-state index in [0.29, 0.717) is 5.56 Å². The zero-order chi connectivity index (χ0) is 11.2. The van der Waals surface area contributed by atoms with Crippen LogP contribution in [-0.4, -0.2) is 6.15 Å². The van der Waals surface area contributed by atoms with Gasteiger partial charge in [0.05, 0.1) is 0 Å². The molecule has 0 heterocycles. The maximum atomic E-state index is 8.12. The van der Waals surface area contributed by atoms with Gasteiger partial charge in [-0.3, -0.25) is 0 Å². The van der Waals surface area contributed by atoms with Crippen LogP contribution in [0.2, 0.25) is 0 Å². The third-order valence-corrected chi connectivity index (χ3v) is 1.22. The smallest absolute Gasteiger partial charge is 0.326 e. The molecule has 0 unspecified atom stereocenters. The highest BCUT2D eigenvalue weighted by molar-refractivity contribution is 5.20. The van der Waals surface area contributed by atoms with Crippen LogP contribution in [0.5, 0.6) is 0 Å². The Labute approximate surface area is 74.0 Å². The van der Waals surface area contributed by atoms with Gasteiger partial charge in [-0.15, -0.1) is 0 Å². The van der Waals surface area contributed by atoms with Gasteiger partial charge in [0.15, 0.2) is 0 Å². The second-order valence-electron chi connectivity index (χ2n) is 2.09. The minimum absolute atomic E-state index is 0.250. The van der Waals surface area contributed by atoms with Gasteiger partial charge >= 0.3 is 6.15 Å². The SMILES string of the molecule is O=C=O.[2H]C([2H])(N)c1ccc(C)cc1. The standard InChI is InChI=1S/C8H11N.CO2/c1-7-2-4-8(6-9)5-3-7;2-1-3/h2-5H,6,9H2,1H3;/i6D2;. The molecule has 0 aromatic heterocycles. The molecule has 3 heteroatoms. The third-order valence-electron chi connectivity index (χ3n) is 1.22. The first-order valence-electron chi connectivity index (χ1n) is 4.27. The van der Waals surface area contributed by atoms with Gasteiger partial charge in [-0.2, -0.15) is 9.59 Å². The highest BCUT2D eigenvalue weighted by Crippen LogP contribution is 2.00. The van der Waals surface area contributed by atoms with E-state index in [4.69, 9.17) is 18.1 Å². The lowest BCUT2D eigenvalue weighted by atomic mass is 10.2. The molecule has 64 valence electrons. The molecule has 0 radical (unpaired) electrons. The maximum Gasteiger partial charge on any atom is 0.373 e. The van der Waals surface area contributed by atoms with Crippen molar-refractivity contribution in [2.45, 2.75) is 13.4 Å². The summed E-state index contributed by atoms with van der Waals surface area (Å²) in [4.78, 5) is 16.2. The van der Waals surface area contributed by atoms with Crippen LogP contribution < -0.4 is 5.73 Å². The summed E-state index contributed by atoms with van der Waals surface area (Å²) in [6.07, 6.45) is 0.250. The summed E-state index contributed by atoms with van der Waals surface area (Å²) in [5.74, 6) is 0. The molecule has 0 saturated heterocycles. The molecular weight excluding hydrogens is 154 g/mol. The van der Waals surface area contributed by atoms with Crippen LogP contribution in [0.4, 0.5) is 0 Å². The summed E-state index contributed by atoms with van der Waals surface area (Å²) in [5, 5.41) is 0. The Kier molecular flexibility index (Phi) is 3.78. The summed E-state index contributed by atoms with van der Waals surface area (Å²) in [5.41, 5.74) is 6.87. The molecule has 0 amide bonds. The minimum Gasteiger partial charge on any atom is -0.326 e. The first-order chi connectivity index (χ1) is 6.41. The van der Waals surface area contributed by atoms with E-state index in [1.165, 1.54) is 0 Å². The molecule has 1 rings (SSSR count). The van der Waals surface area contributed by atoms with E-state index in [9.17, 15) is 0 Å². The van der Waals surface area contributed by atoms with Crippen LogP contribution in [-0.2, 0) is 16.1 Å². The van der Waals surface area contributed by atoms with E-state index in [0.717, 1.165) is 5.56 Å². The lowest BCUT2D eigenvalue weighted by Crippen LogP contribution is -1.94. The molecule has 0 aliphatic carbocycles. The Balaban J connectivity index is 0.000000500. The summed E-state index contributed by atoms with van der Waals surface area (Å²) < 4.78 is 14.4. The van der Waals surface area contributed by atoms with Crippen LogP contribution in [0.1, 0.15) is 13.9 Å². The van der Waals surface area contributed by atoms with Gasteiger partial charge in [-0.1, -0.05) is 29.8 Å². The Hall–Kier alpha value is -1.44. The summed E-state index contributed by atoms with van der Waals surface area (Å²) in [6.45, 7) is 0.240. The topological polar surface area (TPSA) is 60.2 Å². The molecular formula is C9H11NO2. The fraction of sp³-hybridized carbons (Fsp3) is 0.222. The van der Waals surface area contributed by atoms with Crippen LogP contribution in [0.3, 0.4) is 0 Å². The van der Waals surface area contributed by atoms with Crippen LogP contribution in [0.25, 0.3) is 0 Å². The Bertz CT molecular complexity index is 311. The van der Waals surface area contributed by atoms with E-state index < -0.39 is 6.50 Å². The molecule has 0 spiro atoms. The van der Waals surface area contributed by atoms with Gasteiger partial charge in [0.25, 0.3) is 0 Å². The molecule has 2 N–H and O–H groups in total. The van der Waals surface area contributed by atoms with Gasteiger partial charge in [0.2, 0.25) is 0 Å². The van der Waals surface area contributed by atoms with Crippen molar-refractivity contribution >= 4 is 6.15 Å². The number of rotatable bonds is 1. The zero-order valence-corrected chi connectivity index (χ0v) is 6.70. The number of nitrogens with two attached hydrogens (primary N) is 1. The molecule has 12 heavy (non-hydrogen) atoms. The normalized spacial score (nSPS) is 11.5. The maximum absolute atomic E-state index is 8.12. The van der Waals surface area contributed by atoms with E-state index in [1.807, 2.05) is 19.1 Å². The van der Waals surface area contributed by atoms with Crippen LogP contribution in [0.15, 0.2) is 24.3 Å². The van der Waals surface area contributed by atoms with E-state index in [1.54, 1.807) is 12.1 Å². The van der Waals surface area contributed by atoms with Crippen LogP contribution >= 0.6 is 0 Å². The van der Waals surface area contributed by atoms with Crippen molar-refractivity contribution in [1.29, 1.82) is 0 Å². The van der Waals surface area contributed by atoms with Crippen molar-refractivity contribution in [3.05, 3.63) is 35.4 Å². The van der Waals surface area contributed by atoms with Gasteiger partial charge in [-0.25, -0.2) is 0 Å². The first-order valence-corrected chi connectivity index (χ1v) is 3.27. The molecule has 0 aliphatic rings. The zero-order valence-electron chi connectivity index (χ0n) is 8.70. The van der Waals surface area contributed by atoms with Gasteiger partial charge in [0.1, 0.15) is 0 Å². The van der Waals surface area contributed by atoms with Crippen molar-refractivity contribution in [3.63, 3.8) is 0 Å². The molecule has 0 bridgehead atoms. The highest BCUT2D eigenvalue weighted by atomic mass is 16.2. The molecule has 1 aromatic rings. The molecule has 0 aliphatic heterocycles. The Morgan fingerprint density at radius 3 is 2.17 bits per heavy atom. The number of aryl methyl sites for hydroxylation is 1. The van der Waals surface area contributed by atoms with Crippen molar-refractivity contribution in [3.8, 4) is 0 Å². The number of hydrogen-bond acceptors (Lipinski definition) is 3. The van der Waals surface area contributed by atoms with Gasteiger partial charge in [0, 0.05) is 9.24 Å². The first kappa shape index (κ1) is 7.22. The van der Waals surface area contributed by atoms with E-state index in [-0.39, 0.29) is 6.15 Å². The average Bonchev–Trinajstić information content (AvgIpc) is 2.04. The van der Waals surface area contributed by atoms with Crippen LogP contribution in [0, 0.1) is 6.92 Å². The van der Waals surface area contributed by atoms with E-state index >= 15 is 0 Å². The third kappa shape index (κ3) is 4.39. The second kappa shape index (κ2) is 6.28. The van der Waals surface area contributed by atoms with E-state index in [2.05, 4.69) is 0 Å². The van der Waals surface area contributed by atoms with Crippen molar-refractivity contribution in [1.82, 2.24) is 0 Å². The molecule has 0 fully saturated rings. The summed E-state index contributed by atoms with van der Waals surface area (Å²) in [7, 11) is 0. The Morgan fingerprint density at radius 1 is 1.42 bits per heavy atom. The predicted molar refractivity (Wildman–Crippen MR) is 44.1 cm³/mol. The number of carbonyl (C=O) groups excluding carboxylic acids is 2. The predicted octanol–water partition coefficient (Wildman–Crippen LogP) is 0.870. The summed E-state index contributed by atoms with van der Waals surface area (Å²) >= 11 is 0. The lowest BCUT2D eigenvalue weighted by molar-refractivity contribution is -0.191. The average molecular weight is 167 g/mol. The summed E-state index contributed by atoms with van der Waals surface area (Å²) in [6, 6.07) is 7.10.